The van der Waals surface area contributed by atoms with Gasteiger partial charge in [0.1, 0.15) is 0 Å². The molecule has 0 aliphatic rings. The lowest BCUT2D eigenvalue weighted by Gasteiger charge is -2.10. The van der Waals surface area contributed by atoms with Gasteiger partial charge in [0.15, 0.2) is 17.5 Å². The van der Waals surface area contributed by atoms with E-state index in [9.17, 15) is 8.78 Å². The van der Waals surface area contributed by atoms with Crippen LogP contribution in [0.5, 0.6) is 5.88 Å². The van der Waals surface area contributed by atoms with Crippen molar-refractivity contribution >= 4 is 5.82 Å². The van der Waals surface area contributed by atoms with Gasteiger partial charge in [0.25, 0.3) is 5.88 Å². The molecule has 20 heavy (non-hydrogen) atoms. The zero-order chi connectivity index (χ0) is 14.8. The van der Waals surface area contributed by atoms with Gasteiger partial charge in [-0.15, -0.1) is 0 Å². The van der Waals surface area contributed by atoms with Crippen molar-refractivity contribution < 1.29 is 23.0 Å². The van der Waals surface area contributed by atoms with Gasteiger partial charge in [0.05, 0.1) is 19.8 Å². The Bertz CT molecular complexity index is 405. The largest absolute Gasteiger partial charge is 0.475 e. The standard InChI is InChI=1S/C13H20F2N2O3/c1-3-16-12-10(14)9-11(15)13(17-12)20-6-4-5-19-8-7-18-2/h9H,3-8H2,1-2H3,(H,16,17). The molecule has 0 spiro atoms. The first-order valence-corrected chi connectivity index (χ1v) is 6.48. The molecule has 0 atom stereocenters. The molecule has 0 aliphatic carbocycles. The number of halogens is 2. The second kappa shape index (κ2) is 9.44. The normalized spacial score (nSPS) is 10.6. The molecule has 1 rings (SSSR count). The van der Waals surface area contributed by atoms with Crippen molar-refractivity contribution in [1.82, 2.24) is 4.98 Å². The maximum atomic E-state index is 13.4. The van der Waals surface area contributed by atoms with Crippen LogP contribution >= 0.6 is 0 Å². The van der Waals surface area contributed by atoms with Gasteiger partial charge in [-0.3, -0.25) is 0 Å². The summed E-state index contributed by atoms with van der Waals surface area (Å²) < 4.78 is 42.0. The number of methoxy groups -OCH3 is 1. The number of hydrogen-bond acceptors (Lipinski definition) is 5. The van der Waals surface area contributed by atoms with Gasteiger partial charge in [-0.1, -0.05) is 0 Å². The van der Waals surface area contributed by atoms with Crippen molar-refractivity contribution in [3.63, 3.8) is 0 Å². The number of anilines is 1. The van der Waals surface area contributed by atoms with Gasteiger partial charge in [0.2, 0.25) is 0 Å². The molecule has 0 aliphatic heterocycles. The lowest BCUT2D eigenvalue weighted by molar-refractivity contribution is 0.0639. The van der Waals surface area contributed by atoms with Crippen LogP contribution < -0.4 is 10.1 Å². The monoisotopic (exact) mass is 290 g/mol. The van der Waals surface area contributed by atoms with Crippen LogP contribution in [0.4, 0.5) is 14.6 Å². The minimum Gasteiger partial charge on any atom is -0.475 e. The van der Waals surface area contributed by atoms with Gasteiger partial charge in [-0.25, -0.2) is 8.78 Å². The Hall–Kier alpha value is -1.47. The highest BCUT2D eigenvalue weighted by atomic mass is 19.1. The molecule has 7 heteroatoms. The van der Waals surface area contributed by atoms with Crippen LogP contribution in [0.3, 0.4) is 0 Å². The highest BCUT2D eigenvalue weighted by Crippen LogP contribution is 2.20. The summed E-state index contributed by atoms with van der Waals surface area (Å²) in [6, 6.07) is 0.759. The highest BCUT2D eigenvalue weighted by molar-refractivity contribution is 5.39. The summed E-state index contributed by atoms with van der Waals surface area (Å²) in [6.45, 7) is 4.04. The SMILES string of the molecule is CCNc1nc(OCCCOCCOC)c(F)cc1F. The lowest BCUT2D eigenvalue weighted by atomic mass is 10.4. The molecule has 0 unspecified atom stereocenters. The Morgan fingerprint density at radius 2 is 1.95 bits per heavy atom. The number of nitrogens with one attached hydrogen (secondary N) is 1. The van der Waals surface area contributed by atoms with E-state index in [4.69, 9.17) is 14.2 Å². The zero-order valence-corrected chi connectivity index (χ0v) is 11.7. The van der Waals surface area contributed by atoms with Crippen LogP contribution in [0, 0.1) is 11.6 Å². The number of ether oxygens (including phenoxy) is 3. The summed E-state index contributed by atoms with van der Waals surface area (Å²) in [6.07, 6.45) is 0.582. The smallest absolute Gasteiger partial charge is 0.252 e. The average molecular weight is 290 g/mol. The third-order valence-corrected chi connectivity index (χ3v) is 2.35. The van der Waals surface area contributed by atoms with Gasteiger partial charge in [-0.2, -0.15) is 4.98 Å². The first kappa shape index (κ1) is 16.6. The summed E-state index contributed by atoms with van der Waals surface area (Å²) >= 11 is 0. The summed E-state index contributed by atoms with van der Waals surface area (Å²) in [5, 5.41) is 2.70. The maximum Gasteiger partial charge on any atom is 0.252 e. The van der Waals surface area contributed by atoms with Crippen molar-refractivity contribution in [1.29, 1.82) is 0 Å². The molecule has 114 valence electrons. The number of hydrogen-bond donors (Lipinski definition) is 1. The Balaban J connectivity index is 2.37. The molecule has 0 radical (unpaired) electrons. The summed E-state index contributed by atoms with van der Waals surface area (Å²) in [5.41, 5.74) is 0. The average Bonchev–Trinajstić information content (AvgIpc) is 2.42. The fourth-order valence-electron chi connectivity index (χ4n) is 1.42. The Morgan fingerprint density at radius 1 is 1.15 bits per heavy atom. The predicted octanol–water partition coefficient (Wildman–Crippen LogP) is 2.22. The van der Waals surface area contributed by atoms with E-state index in [0.29, 0.717) is 32.8 Å². The lowest BCUT2D eigenvalue weighted by Crippen LogP contribution is -2.09. The highest BCUT2D eigenvalue weighted by Gasteiger charge is 2.12. The number of pyridine rings is 1. The van der Waals surface area contributed by atoms with Gasteiger partial charge < -0.3 is 19.5 Å². The molecular weight excluding hydrogens is 270 g/mol. The fourth-order valence-corrected chi connectivity index (χ4v) is 1.42. The molecule has 0 aromatic carbocycles. The summed E-state index contributed by atoms with van der Waals surface area (Å²) in [4.78, 5) is 3.76. The minimum atomic E-state index is -0.815. The summed E-state index contributed by atoms with van der Waals surface area (Å²) in [7, 11) is 1.59. The van der Waals surface area contributed by atoms with Crippen molar-refractivity contribution in [2.24, 2.45) is 0 Å². The fraction of sp³-hybridized carbons (Fsp3) is 0.615. The van der Waals surface area contributed by atoms with E-state index in [0.717, 1.165) is 6.07 Å². The molecule has 1 aromatic rings. The Labute approximate surface area is 117 Å². The first-order valence-electron chi connectivity index (χ1n) is 6.48. The summed E-state index contributed by atoms with van der Waals surface area (Å²) in [5.74, 6) is -1.77. The predicted molar refractivity (Wildman–Crippen MR) is 71.1 cm³/mol. The van der Waals surface area contributed by atoms with E-state index in [2.05, 4.69) is 10.3 Å². The van der Waals surface area contributed by atoms with Crippen molar-refractivity contribution in [2.75, 3.05) is 45.4 Å². The molecule has 0 amide bonds. The molecule has 5 nitrogen and oxygen atoms in total. The van der Waals surface area contributed by atoms with E-state index in [-0.39, 0.29) is 18.3 Å². The number of rotatable bonds is 10. The second-order valence-electron chi connectivity index (χ2n) is 3.94. The molecular formula is C13H20F2N2O3. The molecule has 1 aromatic heterocycles. The number of nitrogens with zero attached hydrogens (tertiary/aromatic N) is 1. The van der Waals surface area contributed by atoms with E-state index in [1.165, 1.54) is 0 Å². The third kappa shape index (κ3) is 5.66. The van der Waals surface area contributed by atoms with Crippen LogP contribution in [-0.4, -0.2) is 45.1 Å². The number of aromatic nitrogens is 1. The van der Waals surface area contributed by atoms with Gasteiger partial charge in [-0.05, 0) is 6.92 Å². The van der Waals surface area contributed by atoms with Crippen LogP contribution in [0.2, 0.25) is 0 Å². The molecule has 0 fully saturated rings. The van der Waals surface area contributed by atoms with Crippen LogP contribution in [0.25, 0.3) is 0 Å². The van der Waals surface area contributed by atoms with E-state index < -0.39 is 11.6 Å². The Kier molecular flexibility index (Phi) is 7.82. The second-order valence-corrected chi connectivity index (χ2v) is 3.94. The van der Waals surface area contributed by atoms with Gasteiger partial charge >= 0.3 is 0 Å². The van der Waals surface area contributed by atoms with Crippen molar-refractivity contribution in [3.8, 4) is 5.88 Å². The quantitative estimate of drug-likeness (QED) is 0.670. The van der Waals surface area contributed by atoms with Crippen LogP contribution in [0.15, 0.2) is 6.07 Å². The molecule has 0 bridgehead atoms. The van der Waals surface area contributed by atoms with Crippen molar-refractivity contribution in [3.05, 3.63) is 17.7 Å². The van der Waals surface area contributed by atoms with E-state index in [1.54, 1.807) is 14.0 Å². The third-order valence-electron chi connectivity index (χ3n) is 2.35. The van der Waals surface area contributed by atoms with Crippen LogP contribution in [0.1, 0.15) is 13.3 Å². The molecule has 0 saturated carbocycles. The molecule has 0 saturated heterocycles. The van der Waals surface area contributed by atoms with Gasteiger partial charge in [0, 0.05) is 32.7 Å². The van der Waals surface area contributed by atoms with E-state index in [1.807, 2.05) is 0 Å². The molecule has 1 N–H and O–H groups in total. The molecule has 1 heterocycles. The topological polar surface area (TPSA) is 52.6 Å². The zero-order valence-electron chi connectivity index (χ0n) is 11.7. The van der Waals surface area contributed by atoms with Crippen molar-refractivity contribution in [2.45, 2.75) is 13.3 Å². The Morgan fingerprint density at radius 3 is 2.65 bits per heavy atom. The first-order chi connectivity index (χ1) is 9.69. The minimum absolute atomic E-state index is 0.0137. The van der Waals surface area contributed by atoms with Crippen LogP contribution in [-0.2, 0) is 9.47 Å². The van der Waals surface area contributed by atoms with E-state index >= 15 is 0 Å². The maximum absolute atomic E-state index is 13.4.